The number of ether oxygens (including phenoxy) is 1. The van der Waals surface area contributed by atoms with Crippen molar-refractivity contribution in [3.05, 3.63) is 59.4 Å². The number of halogens is 1. The zero-order valence-electron chi connectivity index (χ0n) is 16.2. The number of piperazine rings is 1. The molecule has 5 heteroatoms. The van der Waals surface area contributed by atoms with E-state index in [0.717, 1.165) is 16.9 Å². The summed E-state index contributed by atoms with van der Waals surface area (Å²) in [6, 6.07) is 12.8. The van der Waals surface area contributed by atoms with Crippen LogP contribution < -0.4 is 9.64 Å². The Morgan fingerprint density at radius 2 is 1.81 bits per heavy atom. The zero-order valence-corrected chi connectivity index (χ0v) is 16.2. The molecule has 0 radical (unpaired) electrons. The molecule has 1 aliphatic heterocycles. The quantitative estimate of drug-likeness (QED) is 0.799. The molecule has 0 saturated carbocycles. The number of carbonyl (C=O) groups excluding carboxylic acids is 1. The molecule has 1 saturated heterocycles. The van der Waals surface area contributed by atoms with E-state index in [1.807, 2.05) is 54.8 Å². The molecular weight excluding hydrogens is 343 g/mol. The average molecular weight is 370 g/mol. The number of hydrogen-bond acceptors (Lipinski definition) is 3. The summed E-state index contributed by atoms with van der Waals surface area (Å²) in [5.74, 6) is 0.550. The highest BCUT2D eigenvalue weighted by Gasteiger charge is 2.28. The van der Waals surface area contributed by atoms with E-state index in [1.165, 1.54) is 6.07 Å². The van der Waals surface area contributed by atoms with Gasteiger partial charge in [0, 0.05) is 26.2 Å². The molecule has 0 aromatic heterocycles. The molecule has 0 aliphatic carbocycles. The summed E-state index contributed by atoms with van der Waals surface area (Å²) in [5, 5.41) is 0. The Morgan fingerprint density at radius 1 is 1.11 bits per heavy atom. The second kappa shape index (κ2) is 8.42. The van der Waals surface area contributed by atoms with E-state index in [1.54, 1.807) is 12.1 Å². The highest BCUT2D eigenvalue weighted by molar-refractivity contribution is 5.81. The minimum Gasteiger partial charge on any atom is -0.480 e. The second-order valence-corrected chi connectivity index (χ2v) is 7.05. The van der Waals surface area contributed by atoms with Gasteiger partial charge in [-0.15, -0.1) is 0 Å². The van der Waals surface area contributed by atoms with Gasteiger partial charge in [-0.05, 0) is 49.6 Å². The highest BCUT2D eigenvalue weighted by atomic mass is 19.1. The summed E-state index contributed by atoms with van der Waals surface area (Å²) >= 11 is 0. The van der Waals surface area contributed by atoms with Crippen LogP contribution in [0.5, 0.6) is 5.75 Å². The van der Waals surface area contributed by atoms with Crippen LogP contribution in [0.2, 0.25) is 0 Å². The Morgan fingerprint density at radius 3 is 2.48 bits per heavy atom. The van der Waals surface area contributed by atoms with Crippen LogP contribution in [-0.4, -0.2) is 43.1 Å². The lowest BCUT2D eigenvalue weighted by molar-refractivity contribution is -0.139. The van der Waals surface area contributed by atoms with Gasteiger partial charge in [-0.3, -0.25) is 4.79 Å². The van der Waals surface area contributed by atoms with Crippen molar-refractivity contribution in [3.63, 3.8) is 0 Å². The zero-order chi connectivity index (χ0) is 19.4. The van der Waals surface area contributed by atoms with Gasteiger partial charge < -0.3 is 14.5 Å². The molecule has 1 amide bonds. The van der Waals surface area contributed by atoms with Crippen molar-refractivity contribution in [2.24, 2.45) is 0 Å². The first-order valence-electron chi connectivity index (χ1n) is 9.51. The van der Waals surface area contributed by atoms with Gasteiger partial charge in [-0.1, -0.05) is 31.2 Å². The summed E-state index contributed by atoms with van der Waals surface area (Å²) in [4.78, 5) is 16.8. The molecule has 3 rings (SSSR count). The van der Waals surface area contributed by atoms with E-state index in [4.69, 9.17) is 4.74 Å². The molecule has 1 aliphatic rings. The van der Waals surface area contributed by atoms with E-state index >= 15 is 0 Å². The van der Waals surface area contributed by atoms with E-state index in [2.05, 4.69) is 0 Å². The fourth-order valence-electron chi connectivity index (χ4n) is 3.38. The number of benzene rings is 2. The monoisotopic (exact) mass is 370 g/mol. The summed E-state index contributed by atoms with van der Waals surface area (Å²) < 4.78 is 20.0. The van der Waals surface area contributed by atoms with E-state index in [9.17, 15) is 9.18 Å². The van der Waals surface area contributed by atoms with Gasteiger partial charge in [0.25, 0.3) is 5.91 Å². The standard InChI is InChI=1S/C22H27FN2O2/c1-4-20(27-21-15-16(2)9-10-17(21)3)22(26)25-13-11-24(12-14-25)19-8-6-5-7-18(19)23/h5-10,15,20H,4,11-14H2,1-3H3. The SMILES string of the molecule is CCC(Oc1cc(C)ccc1C)C(=O)N1CCN(c2ccccc2F)CC1. The third-order valence-corrected chi connectivity index (χ3v) is 5.04. The van der Waals surface area contributed by atoms with Crippen LogP contribution in [0.3, 0.4) is 0 Å². The fourth-order valence-corrected chi connectivity index (χ4v) is 3.38. The number of nitrogens with zero attached hydrogens (tertiary/aromatic N) is 2. The van der Waals surface area contributed by atoms with Crippen LogP contribution in [0.25, 0.3) is 0 Å². The largest absolute Gasteiger partial charge is 0.480 e. The highest BCUT2D eigenvalue weighted by Crippen LogP contribution is 2.23. The maximum absolute atomic E-state index is 14.0. The third kappa shape index (κ3) is 4.41. The van der Waals surface area contributed by atoms with E-state index < -0.39 is 6.10 Å². The Kier molecular flexibility index (Phi) is 5.99. The molecule has 144 valence electrons. The first kappa shape index (κ1) is 19.2. The van der Waals surface area contributed by atoms with Crippen LogP contribution in [-0.2, 0) is 4.79 Å². The molecule has 1 fully saturated rings. The number of amides is 1. The number of anilines is 1. The molecule has 2 aromatic carbocycles. The van der Waals surface area contributed by atoms with Gasteiger partial charge in [0.2, 0.25) is 0 Å². The minimum absolute atomic E-state index is 0.00610. The summed E-state index contributed by atoms with van der Waals surface area (Å²) in [6.07, 6.45) is 0.116. The van der Waals surface area contributed by atoms with Crippen LogP contribution in [0, 0.1) is 19.7 Å². The molecule has 1 heterocycles. The summed E-state index contributed by atoms with van der Waals surface area (Å²) in [7, 11) is 0. The number of para-hydroxylation sites is 1. The predicted molar refractivity (Wildman–Crippen MR) is 106 cm³/mol. The predicted octanol–water partition coefficient (Wildman–Crippen LogP) is 3.95. The Hall–Kier alpha value is -2.56. The van der Waals surface area contributed by atoms with Crippen molar-refractivity contribution in [2.45, 2.75) is 33.3 Å². The topological polar surface area (TPSA) is 32.8 Å². The van der Waals surface area contributed by atoms with Gasteiger partial charge in [0.1, 0.15) is 11.6 Å². The lowest BCUT2D eigenvalue weighted by Crippen LogP contribution is -2.52. The number of carbonyl (C=O) groups is 1. The van der Waals surface area contributed by atoms with Crippen LogP contribution in [0.1, 0.15) is 24.5 Å². The molecule has 4 nitrogen and oxygen atoms in total. The molecule has 1 unspecified atom stereocenters. The van der Waals surface area contributed by atoms with Crippen LogP contribution in [0.15, 0.2) is 42.5 Å². The normalized spacial score (nSPS) is 15.6. The number of rotatable bonds is 5. The van der Waals surface area contributed by atoms with Crippen molar-refractivity contribution >= 4 is 11.6 Å². The maximum atomic E-state index is 14.0. The summed E-state index contributed by atoms with van der Waals surface area (Å²) in [5.41, 5.74) is 2.73. The third-order valence-electron chi connectivity index (χ3n) is 5.04. The van der Waals surface area contributed by atoms with Crippen LogP contribution in [0.4, 0.5) is 10.1 Å². The lowest BCUT2D eigenvalue weighted by Gasteiger charge is -2.37. The van der Waals surface area contributed by atoms with Gasteiger partial charge in [0.15, 0.2) is 6.10 Å². The molecular formula is C22H27FN2O2. The Labute approximate surface area is 160 Å². The van der Waals surface area contributed by atoms with Crippen molar-refractivity contribution in [2.75, 3.05) is 31.1 Å². The first-order chi connectivity index (χ1) is 13.0. The number of hydrogen-bond donors (Lipinski definition) is 0. The average Bonchev–Trinajstić information content (AvgIpc) is 2.68. The molecule has 0 N–H and O–H groups in total. The van der Waals surface area contributed by atoms with Crippen molar-refractivity contribution in [1.82, 2.24) is 4.90 Å². The molecule has 0 spiro atoms. The maximum Gasteiger partial charge on any atom is 0.263 e. The van der Waals surface area contributed by atoms with Crippen LogP contribution >= 0.6 is 0 Å². The smallest absolute Gasteiger partial charge is 0.263 e. The number of aryl methyl sites for hydroxylation is 2. The van der Waals surface area contributed by atoms with E-state index in [0.29, 0.717) is 38.3 Å². The fraction of sp³-hybridized carbons (Fsp3) is 0.409. The minimum atomic E-state index is -0.495. The van der Waals surface area contributed by atoms with Crippen molar-refractivity contribution in [1.29, 1.82) is 0 Å². The van der Waals surface area contributed by atoms with Gasteiger partial charge in [-0.2, -0.15) is 0 Å². The van der Waals surface area contributed by atoms with Gasteiger partial charge in [-0.25, -0.2) is 4.39 Å². The van der Waals surface area contributed by atoms with E-state index in [-0.39, 0.29) is 11.7 Å². The Bertz CT molecular complexity index is 801. The molecule has 0 bridgehead atoms. The second-order valence-electron chi connectivity index (χ2n) is 7.05. The molecule has 27 heavy (non-hydrogen) atoms. The van der Waals surface area contributed by atoms with Gasteiger partial charge in [0.05, 0.1) is 5.69 Å². The Balaban J connectivity index is 1.63. The summed E-state index contributed by atoms with van der Waals surface area (Å²) in [6.45, 7) is 8.33. The van der Waals surface area contributed by atoms with Gasteiger partial charge >= 0.3 is 0 Å². The lowest BCUT2D eigenvalue weighted by atomic mass is 10.1. The molecule has 1 atom stereocenters. The first-order valence-corrected chi connectivity index (χ1v) is 9.51. The van der Waals surface area contributed by atoms with Crippen molar-refractivity contribution < 1.29 is 13.9 Å². The molecule has 2 aromatic rings. The van der Waals surface area contributed by atoms with Crippen molar-refractivity contribution in [3.8, 4) is 5.75 Å².